The summed E-state index contributed by atoms with van der Waals surface area (Å²) in [5, 5.41) is 8.59. The molecule has 0 unspecified atom stereocenters. The molecule has 0 aliphatic rings. The second kappa shape index (κ2) is 6.23. The number of fused-ring (bicyclic) bond motifs is 1. The van der Waals surface area contributed by atoms with E-state index in [1.54, 1.807) is 0 Å². The molecule has 0 heterocycles. The van der Waals surface area contributed by atoms with Gasteiger partial charge in [0, 0.05) is 24.7 Å². The molecule has 0 atom stereocenters. The standard InChI is InChI=1S/C16H20N2O/c1-12(2)18-16(19)9-10-17-15-8-7-13-5-3-4-6-14(13)11-15/h3-8,11-12,17H,9-10H2,1-2H3,(H,18,19). The second-order valence-corrected chi connectivity index (χ2v) is 4.96. The molecule has 0 saturated carbocycles. The molecule has 3 nitrogen and oxygen atoms in total. The Balaban J connectivity index is 1.89. The number of amides is 1. The predicted molar refractivity (Wildman–Crippen MR) is 80.3 cm³/mol. The average molecular weight is 256 g/mol. The van der Waals surface area contributed by atoms with Gasteiger partial charge in [-0.3, -0.25) is 4.79 Å². The molecule has 0 radical (unpaired) electrons. The molecule has 2 aromatic carbocycles. The lowest BCUT2D eigenvalue weighted by Crippen LogP contribution is -2.31. The Morgan fingerprint density at radius 3 is 2.58 bits per heavy atom. The van der Waals surface area contributed by atoms with Gasteiger partial charge >= 0.3 is 0 Å². The third-order valence-electron chi connectivity index (χ3n) is 2.88. The summed E-state index contributed by atoms with van der Waals surface area (Å²) >= 11 is 0. The fourth-order valence-corrected chi connectivity index (χ4v) is 2.01. The van der Waals surface area contributed by atoms with Gasteiger partial charge in [0.05, 0.1) is 0 Å². The van der Waals surface area contributed by atoms with Crippen LogP contribution < -0.4 is 10.6 Å². The van der Waals surface area contributed by atoms with Crippen molar-refractivity contribution in [1.29, 1.82) is 0 Å². The van der Waals surface area contributed by atoms with Crippen LogP contribution in [-0.4, -0.2) is 18.5 Å². The van der Waals surface area contributed by atoms with Gasteiger partial charge in [0.1, 0.15) is 0 Å². The van der Waals surface area contributed by atoms with Gasteiger partial charge in [0.15, 0.2) is 0 Å². The first kappa shape index (κ1) is 13.4. The zero-order chi connectivity index (χ0) is 13.7. The van der Waals surface area contributed by atoms with Gasteiger partial charge in [-0.05, 0) is 36.8 Å². The second-order valence-electron chi connectivity index (χ2n) is 4.96. The zero-order valence-corrected chi connectivity index (χ0v) is 11.4. The van der Waals surface area contributed by atoms with Gasteiger partial charge < -0.3 is 10.6 Å². The molecular formula is C16H20N2O. The molecule has 100 valence electrons. The van der Waals surface area contributed by atoms with Crippen LogP contribution in [0.4, 0.5) is 5.69 Å². The molecule has 0 aliphatic carbocycles. The number of rotatable bonds is 5. The summed E-state index contributed by atoms with van der Waals surface area (Å²) in [6, 6.07) is 14.7. The molecule has 0 aromatic heterocycles. The van der Waals surface area contributed by atoms with Crippen molar-refractivity contribution in [2.75, 3.05) is 11.9 Å². The lowest BCUT2D eigenvalue weighted by Gasteiger charge is -2.10. The van der Waals surface area contributed by atoms with Crippen molar-refractivity contribution in [3.05, 3.63) is 42.5 Å². The summed E-state index contributed by atoms with van der Waals surface area (Å²) in [6.07, 6.45) is 0.491. The van der Waals surface area contributed by atoms with Crippen LogP contribution in [-0.2, 0) is 4.79 Å². The van der Waals surface area contributed by atoms with Crippen LogP contribution in [0.2, 0.25) is 0 Å². The average Bonchev–Trinajstić information content (AvgIpc) is 2.37. The van der Waals surface area contributed by atoms with E-state index >= 15 is 0 Å². The monoisotopic (exact) mass is 256 g/mol. The molecule has 0 saturated heterocycles. The number of anilines is 1. The van der Waals surface area contributed by atoms with Crippen molar-refractivity contribution in [3.8, 4) is 0 Å². The minimum Gasteiger partial charge on any atom is -0.385 e. The first-order chi connectivity index (χ1) is 9.15. The van der Waals surface area contributed by atoms with E-state index in [2.05, 4.69) is 34.9 Å². The Bertz CT molecular complexity index is 563. The summed E-state index contributed by atoms with van der Waals surface area (Å²) in [7, 11) is 0. The van der Waals surface area contributed by atoms with Crippen LogP contribution in [0.5, 0.6) is 0 Å². The number of hydrogen-bond acceptors (Lipinski definition) is 2. The van der Waals surface area contributed by atoms with E-state index in [-0.39, 0.29) is 11.9 Å². The Hall–Kier alpha value is -2.03. The Morgan fingerprint density at radius 2 is 1.84 bits per heavy atom. The molecule has 2 aromatic rings. The molecule has 0 bridgehead atoms. The molecule has 2 rings (SSSR count). The van der Waals surface area contributed by atoms with Gasteiger partial charge in [-0.15, -0.1) is 0 Å². The van der Waals surface area contributed by atoms with E-state index in [0.717, 1.165) is 5.69 Å². The van der Waals surface area contributed by atoms with Crippen molar-refractivity contribution < 1.29 is 4.79 Å². The highest BCUT2D eigenvalue weighted by Gasteiger charge is 2.02. The Labute approximate surface area is 114 Å². The summed E-state index contributed by atoms with van der Waals surface area (Å²) in [4.78, 5) is 11.5. The highest BCUT2D eigenvalue weighted by Crippen LogP contribution is 2.18. The van der Waals surface area contributed by atoms with Gasteiger partial charge in [0.25, 0.3) is 0 Å². The van der Waals surface area contributed by atoms with Crippen molar-refractivity contribution in [3.63, 3.8) is 0 Å². The summed E-state index contributed by atoms with van der Waals surface area (Å²) < 4.78 is 0. The van der Waals surface area contributed by atoms with Crippen LogP contribution in [0.25, 0.3) is 10.8 Å². The topological polar surface area (TPSA) is 41.1 Å². The van der Waals surface area contributed by atoms with Crippen molar-refractivity contribution >= 4 is 22.4 Å². The normalized spacial score (nSPS) is 10.7. The fraction of sp³-hybridized carbons (Fsp3) is 0.312. The van der Waals surface area contributed by atoms with E-state index in [0.29, 0.717) is 13.0 Å². The zero-order valence-electron chi connectivity index (χ0n) is 11.4. The molecule has 1 amide bonds. The van der Waals surface area contributed by atoms with E-state index in [4.69, 9.17) is 0 Å². The van der Waals surface area contributed by atoms with E-state index in [1.807, 2.05) is 32.0 Å². The number of carbonyl (C=O) groups excluding carboxylic acids is 1. The molecule has 0 fully saturated rings. The Kier molecular flexibility index (Phi) is 4.39. The van der Waals surface area contributed by atoms with Gasteiger partial charge in [-0.2, -0.15) is 0 Å². The minimum atomic E-state index is 0.0864. The van der Waals surface area contributed by atoms with Crippen molar-refractivity contribution in [1.82, 2.24) is 5.32 Å². The summed E-state index contributed by atoms with van der Waals surface area (Å²) in [5.41, 5.74) is 1.05. The van der Waals surface area contributed by atoms with Crippen LogP contribution in [0.3, 0.4) is 0 Å². The van der Waals surface area contributed by atoms with Crippen LogP contribution in [0.15, 0.2) is 42.5 Å². The first-order valence-electron chi connectivity index (χ1n) is 6.67. The highest BCUT2D eigenvalue weighted by molar-refractivity contribution is 5.85. The third kappa shape index (κ3) is 3.98. The van der Waals surface area contributed by atoms with E-state index in [1.165, 1.54) is 10.8 Å². The molecule has 0 aliphatic heterocycles. The van der Waals surface area contributed by atoms with E-state index in [9.17, 15) is 4.79 Å². The maximum atomic E-state index is 11.5. The maximum absolute atomic E-state index is 11.5. The third-order valence-corrected chi connectivity index (χ3v) is 2.88. The smallest absolute Gasteiger partial charge is 0.221 e. The summed E-state index contributed by atoms with van der Waals surface area (Å²) in [5.74, 6) is 0.0864. The highest BCUT2D eigenvalue weighted by atomic mass is 16.1. The van der Waals surface area contributed by atoms with Gasteiger partial charge in [0.2, 0.25) is 5.91 Å². The number of benzene rings is 2. The molecule has 2 N–H and O–H groups in total. The van der Waals surface area contributed by atoms with Crippen LogP contribution >= 0.6 is 0 Å². The molecule has 3 heteroatoms. The van der Waals surface area contributed by atoms with Gasteiger partial charge in [-0.25, -0.2) is 0 Å². The predicted octanol–water partition coefficient (Wildman–Crippen LogP) is 3.17. The number of hydrogen-bond donors (Lipinski definition) is 2. The quantitative estimate of drug-likeness (QED) is 0.862. The van der Waals surface area contributed by atoms with Crippen LogP contribution in [0.1, 0.15) is 20.3 Å². The van der Waals surface area contributed by atoms with Gasteiger partial charge in [-0.1, -0.05) is 30.3 Å². The number of nitrogens with one attached hydrogen (secondary N) is 2. The molecule has 0 spiro atoms. The minimum absolute atomic E-state index is 0.0864. The fourth-order valence-electron chi connectivity index (χ4n) is 2.01. The number of carbonyl (C=O) groups is 1. The first-order valence-corrected chi connectivity index (χ1v) is 6.67. The Morgan fingerprint density at radius 1 is 1.11 bits per heavy atom. The lowest BCUT2D eigenvalue weighted by molar-refractivity contribution is -0.121. The van der Waals surface area contributed by atoms with Crippen molar-refractivity contribution in [2.45, 2.75) is 26.3 Å². The largest absolute Gasteiger partial charge is 0.385 e. The SMILES string of the molecule is CC(C)NC(=O)CCNc1ccc2ccccc2c1. The van der Waals surface area contributed by atoms with E-state index < -0.39 is 0 Å². The molecule has 19 heavy (non-hydrogen) atoms. The van der Waals surface area contributed by atoms with Crippen LogP contribution in [0, 0.1) is 0 Å². The summed E-state index contributed by atoms with van der Waals surface area (Å²) in [6.45, 7) is 4.58. The lowest BCUT2D eigenvalue weighted by atomic mass is 10.1. The van der Waals surface area contributed by atoms with Crippen molar-refractivity contribution in [2.24, 2.45) is 0 Å². The molecular weight excluding hydrogens is 236 g/mol. The maximum Gasteiger partial charge on any atom is 0.221 e.